The molecule has 0 radical (unpaired) electrons. The van der Waals surface area contributed by atoms with Gasteiger partial charge >= 0.3 is 17.9 Å². The van der Waals surface area contributed by atoms with E-state index in [0.29, 0.717) is 5.56 Å². The largest absolute Gasteiger partial charge is 0.504 e. The summed E-state index contributed by atoms with van der Waals surface area (Å²) >= 11 is 0. The number of rotatable bonds is 9. The summed E-state index contributed by atoms with van der Waals surface area (Å²) in [5.74, 6) is -5.00. The molecule has 0 amide bonds. The molecule has 6 atom stereocenters. The molecule has 0 aliphatic carbocycles. The molecule has 1 aliphatic heterocycles. The van der Waals surface area contributed by atoms with Gasteiger partial charge in [0.1, 0.15) is 18.3 Å². The first-order chi connectivity index (χ1) is 18.4. The molecule has 0 aromatic heterocycles. The number of benzene rings is 2. The number of hydrogen-bond donors (Lipinski definition) is 7. The van der Waals surface area contributed by atoms with Gasteiger partial charge in [-0.05, 0) is 41.5 Å². The van der Waals surface area contributed by atoms with Gasteiger partial charge < -0.3 is 54.7 Å². The summed E-state index contributed by atoms with van der Waals surface area (Å²) in [6.07, 6.45) is -8.74. The molecule has 2 aromatic rings. The van der Waals surface area contributed by atoms with Crippen molar-refractivity contribution in [1.29, 1.82) is 0 Å². The fraction of sp³-hybridized carbons (Fsp3) is 0.320. The van der Waals surface area contributed by atoms with Crippen molar-refractivity contribution in [3.05, 3.63) is 53.6 Å². The molecule has 0 spiro atoms. The Balaban J connectivity index is 1.69. The summed E-state index contributed by atoms with van der Waals surface area (Å²) in [6.45, 7) is 0. The Hall–Kier alpha value is -4.37. The highest BCUT2D eigenvalue weighted by Gasteiger charge is 2.48. The molecule has 1 fully saturated rings. The monoisotopic (exact) mass is 550 g/mol. The number of methoxy groups -OCH3 is 1. The van der Waals surface area contributed by atoms with Gasteiger partial charge in [-0.3, -0.25) is 0 Å². The zero-order valence-electron chi connectivity index (χ0n) is 20.3. The number of hydrogen-bond acceptors (Lipinski definition) is 13. The van der Waals surface area contributed by atoms with E-state index in [0.717, 1.165) is 19.3 Å². The van der Waals surface area contributed by atoms with Gasteiger partial charge in [-0.15, -0.1) is 0 Å². The minimum atomic E-state index is -1.92. The van der Waals surface area contributed by atoms with Gasteiger partial charge in [-0.1, -0.05) is 12.1 Å². The fourth-order valence-electron chi connectivity index (χ4n) is 3.57. The van der Waals surface area contributed by atoms with E-state index >= 15 is 0 Å². The predicted octanol–water partition coefficient (Wildman–Crippen LogP) is -0.585. The molecule has 39 heavy (non-hydrogen) atoms. The number of phenolic OH excluding ortho intramolecular Hbond substituents is 3. The highest BCUT2D eigenvalue weighted by Crippen LogP contribution is 2.32. The summed E-state index contributed by atoms with van der Waals surface area (Å²) in [4.78, 5) is 35.7. The first kappa shape index (κ1) is 29.2. The van der Waals surface area contributed by atoms with Gasteiger partial charge in [-0.25, -0.2) is 14.4 Å². The van der Waals surface area contributed by atoms with E-state index < -0.39 is 66.2 Å². The van der Waals surface area contributed by atoms with Crippen molar-refractivity contribution in [3.8, 4) is 23.0 Å². The van der Waals surface area contributed by atoms with Crippen molar-refractivity contribution in [2.45, 2.75) is 43.2 Å². The number of ether oxygens (including phenoxy) is 4. The molecule has 1 saturated heterocycles. The minimum absolute atomic E-state index is 0.241. The van der Waals surface area contributed by atoms with E-state index in [1.54, 1.807) is 0 Å². The van der Waals surface area contributed by atoms with Crippen molar-refractivity contribution in [1.82, 2.24) is 0 Å². The van der Waals surface area contributed by atoms with Crippen LogP contribution in [-0.2, 0) is 35.0 Å². The summed E-state index contributed by atoms with van der Waals surface area (Å²) in [7, 11) is 1.08. The number of esters is 2. The zero-order chi connectivity index (χ0) is 28.9. The van der Waals surface area contributed by atoms with E-state index in [9.17, 15) is 45.0 Å². The standard InChI is InChI=1S/C25H26O14/c1-36-24(35)17(37-18(29)7-4-11-2-5-13(26)14(27)8-11)10-12-3-6-16(15(28)9-12)38-25-21(32)19(30)20(31)22(39-25)23(33)34/h2-9,17,19-22,25-28,30-32H,10H2,1H3,(H,33,34)/b7-4+. The van der Waals surface area contributed by atoms with Crippen LogP contribution in [0, 0.1) is 0 Å². The van der Waals surface area contributed by atoms with Crippen molar-refractivity contribution < 1.29 is 69.1 Å². The van der Waals surface area contributed by atoms with E-state index in [2.05, 4.69) is 4.74 Å². The number of carbonyl (C=O) groups is 3. The first-order valence-corrected chi connectivity index (χ1v) is 11.3. The maximum atomic E-state index is 12.3. The number of aromatic hydroxyl groups is 3. The predicted molar refractivity (Wildman–Crippen MR) is 127 cm³/mol. The van der Waals surface area contributed by atoms with Crippen LogP contribution >= 0.6 is 0 Å². The summed E-state index contributed by atoms with van der Waals surface area (Å²) in [5, 5.41) is 68.1. The lowest BCUT2D eigenvalue weighted by molar-refractivity contribution is -0.271. The van der Waals surface area contributed by atoms with Crippen LogP contribution in [0.2, 0.25) is 0 Å². The van der Waals surface area contributed by atoms with Crippen LogP contribution < -0.4 is 4.74 Å². The Morgan fingerprint density at radius 1 is 0.949 bits per heavy atom. The number of phenols is 3. The molecule has 1 heterocycles. The summed E-state index contributed by atoms with van der Waals surface area (Å²) in [5.41, 5.74) is 0.639. The molecule has 0 bridgehead atoms. The first-order valence-electron chi connectivity index (χ1n) is 11.3. The highest BCUT2D eigenvalue weighted by molar-refractivity contribution is 5.89. The molecule has 0 saturated carbocycles. The summed E-state index contributed by atoms with van der Waals surface area (Å²) < 4.78 is 20.1. The summed E-state index contributed by atoms with van der Waals surface area (Å²) in [6, 6.07) is 7.54. The third-order valence-corrected chi connectivity index (χ3v) is 5.63. The molecule has 2 aromatic carbocycles. The van der Waals surface area contributed by atoms with Crippen LogP contribution in [0.5, 0.6) is 23.0 Å². The van der Waals surface area contributed by atoms with Crippen LogP contribution in [0.15, 0.2) is 42.5 Å². The van der Waals surface area contributed by atoms with Gasteiger partial charge in [0.05, 0.1) is 7.11 Å². The molecule has 14 nitrogen and oxygen atoms in total. The van der Waals surface area contributed by atoms with E-state index in [1.165, 1.54) is 36.4 Å². The molecule has 210 valence electrons. The molecule has 1 aliphatic rings. The van der Waals surface area contributed by atoms with Crippen LogP contribution in [0.4, 0.5) is 0 Å². The second kappa shape index (κ2) is 12.4. The Morgan fingerprint density at radius 2 is 1.67 bits per heavy atom. The third kappa shape index (κ3) is 7.14. The van der Waals surface area contributed by atoms with Gasteiger partial charge in [0.2, 0.25) is 12.4 Å². The Kier molecular flexibility index (Phi) is 9.32. The molecule has 7 N–H and O–H groups in total. The molecule has 14 heteroatoms. The topological polar surface area (TPSA) is 230 Å². The number of carboxylic acid groups (broad SMARTS) is 1. The van der Waals surface area contributed by atoms with Crippen LogP contribution in [0.1, 0.15) is 11.1 Å². The lowest BCUT2D eigenvalue weighted by Crippen LogP contribution is -2.61. The van der Waals surface area contributed by atoms with Crippen LogP contribution in [0.3, 0.4) is 0 Å². The lowest BCUT2D eigenvalue weighted by atomic mass is 9.99. The number of aliphatic hydroxyl groups excluding tert-OH is 3. The molecular formula is C25H26O14. The molecular weight excluding hydrogens is 524 g/mol. The van der Waals surface area contributed by atoms with E-state index in [4.69, 9.17) is 19.3 Å². The zero-order valence-corrected chi connectivity index (χ0v) is 20.3. The molecule has 3 rings (SSSR count). The average molecular weight is 550 g/mol. The van der Waals surface area contributed by atoms with Gasteiger partial charge in [0.25, 0.3) is 0 Å². The van der Waals surface area contributed by atoms with Crippen molar-refractivity contribution >= 4 is 24.0 Å². The van der Waals surface area contributed by atoms with E-state index in [-0.39, 0.29) is 23.5 Å². The van der Waals surface area contributed by atoms with E-state index in [1.807, 2.05) is 0 Å². The maximum Gasteiger partial charge on any atom is 0.347 e. The SMILES string of the molecule is COC(=O)C(Cc1ccc(OC2OC(C(=O)O)C(O)C(O)C2O)c(O)c1)OC(=O)/C=C/c1ccc(O)c(O)c1. The van der Waals surface area contributed by atoms with Gasteiger partial charge in [-0.2, -0.15) is 0 Å². The Morgan fingerprint density at radius 3 is 2.28 bits per heavy atom. The van der Waals surface area contributed by atoms with Crippen molar-refractivity contribution in [2.24, 2.45) is 0 Å². The second-order valence-corrected chi connectivity index (χ2v) is 8.39. The minimum Gasteiger partial charge on any atom is -0.504 e. The van der Waals surface area contributed by atoms with Crippen LogP contribution in [-0.4, -0.2) is 97.6 Å². The molecule has 6 unspecified atom stereocenters. The average Bonchev–Trinajstić information content (AvgIpc) is 2.89. The number of aliphatic hydroxyl groups is 3. The smallest absolute Gasteiger partial charge is 0.347 e. The quantitative estimate of drug-likeness (QED) is 0.118. The fourth-order valence-corrected chi connectivity index (χ4v) is 3.57. The maximum absolute atomic E-state index is 12.3. The number of aliphatic carboxylic acids is 1. The normalized spacial score (nSPS) is 23.6. The van der Waals surface area contributed by atoms with Crippen molar-refractivity contribution in [3.63, 3.8) is 0 Å². The Bertz CT molecular complexity index is 1240. The lowest BCUT2D eigenvalue weighted by Gasteiger charge is -2.38. The third-order valence-electron chi connectivity index (χ3n) is 5.63. The Labute approximate surface area is 220 Å². The number of carboxylic acids is 1. The van der Waals surface area contributed by atoms with Gasteiger partial charge in [0, 0.05) is 12.5 Å². The number of carbonyl (C=O) groups excluding carboxylic acids is 2. The second-order valence-electron chi connectivity index (χ2n) is 8.39. The van der Waals surface area contributed by atoms with Gasteiger partial charge in [0.15, 0.2) is 29.1 Å². The van der Waals surface area contributed by atoms with Crippen molar-refractivity contribution in [2.75, 3.05) is 7.11 Å². The highest BCUT2D eigenvalue weighted by atomic mass is 16.7. The van der Waals surface area contributed by atoms with Crippen LogP contribution in [0.25, 0.3) is 6.08 Å².